The van der Waals surface area contributed by atoms with E-state index in [0.717, 1.165) is 12.2 Å². The number of carboxylic acid groups (broad SMARTS) is 2. The van der Waals surface area contributed by atoms with E-state index in [0.29, 0.717) is 6.61 Å². The van der Waals surface area contributed by atoms with Crippen LogP contribution in [0.1, 0.15) is 20.3 Å². The first-order valence-electron chi connectivity index (χ1n) is 5.20. The first-order valence-corrected chi connectivity index (χ1v) is 5.20. The molecule has 0 saturated carbocycles. The highest BCUT2D eigenvalue weighted by molar-refractivity contribution is 5.90. The zero-order chi connectivity index (χ0) is 14.6. The van der Waals surface area contributed by atoms with Crippen molar-refractivity contribution in [3.8, 4) is 0 Å². The van der Waals surface area contributed by atoms with Gasteiger partial charge in [0.05, 0.1) is 13.0 Å². The highest BCUT2D eigenvalue weighted by Gasteiger charge is 1.99. The van der Waals surface area contributed by atoms with E-state index in [-0.39, 0.29) is 12.3 Å². The highest BCUT2D eigenvalue weighted by Crippen LogP contribution is 1.93. The summed E-state index contributed by atoms with van der Waals surface area (Å²) < 4.78 is 4.66. The van der Waals surface area contributed by atoms with Gasteiger partial charge in [0.15, 0.2) is 0 Å². The zero-order valence-corrected chi connectivity index (χ0v) is 10.5. The normalized spacial score (nSPS) is 9.50. The monoisotopic (exact) mass is 258 g/mol. The summed E-state index contributed by atoms with van der Waals surface area (Å²) in [5.74, 6) is -2.35. The Morgan fingerprint density at radius 1 is 1.22 bits per heavy atom. The maximum absolute atomic E-state index is 10.7. The molecule has 0 heterocycles. The Kier molecular flexibility index (Phi) is 11.5. The van der Waals surface area contributed by atoms with Crippen molar-refractivity contribution in [3.05, 3.63) is 24.8 Å². The number of hydrogen-bond donors (Lipinski definition) is 2. The smallest absolute Gasteiger partial charge is 0.331 e. The van der Waals surface area contributed by atoms with E-state index in [9.17, 15) is 14.4 Å². The molecule has 18 heavy (non-hydrogen) atoms. The summed E-state index contributed by atoms with van der Waals surface area (Å²) in [6.07, 6.45) is 3.05. The Hall–Kier alpha value is -2.11. The Labute approximate surface area is 106 Å². The van der Waals surface area contributed by atoms with Crippen molar-refractivity contribution >= 4 is 17.9 Å². The van der Waals surface area contributed by atoms with Gasteiger partial charge in [0.25, 0.3) is 0 Å². The average Bonchev–Trinajstić information content (AvgIpc) is 2.24. The molecule has 0 aliphatic heterocycles. The predicted octanol–water partition coefficient (Wildman–Crippen LogP) is 1.47. The van der Waals surface area contributed by atoms with Crippen molar-refractivity contribution < 1.29 is 29.3 Å². The zero-order valence-electron chi connectivity index (χ0n) is 10.5. The minimum Gasteiger partial charge on any atom is -0.481 e. The van der Waals surface area contributed by atoms with Crippen LogP contribution in [0.4, 0.5) is 0 Å². The van der Waals surface area contributed by atoms with Crippen LogP contribution in [0.3, 0.4) is 0 Å². The number of carbonyl (C=O) groups excluding carboxylic acids is 1. The number of ether oxygens (including phenoxy) is 1. The summed E-state index contributed by atoms with van der Waals surface area (Å²) >= 11 is 0. The molecule has 0 aliphatic rings. The van der Waals surface area contributed by atoms with Crippen LogP contribution in [0.5, 0.6) is 0 Å². The van der Waals surface area contributed by atoms with Crippen LogP contribution in [0.15, 0.2) is 24.8 Å². The lowest BCUT2D eigenvalue weighted by atomic mass is 10.2. The number of aliphatic carboxylic acids is 2. The first kappa shape index (κ1) is 18.3. The summed E-state index contributed by atoms with van der Waals surface area (Å²) in [5.41, 5.74) is 0. The van der Waals surface area contributed by atoms with Crippen LogP contribution in [0.2, 0.25) is 0 Å². The lowest BCUT2D eigenvalue weighted by Gasteiger charge is -2.03. The third-order valence-corrected chi connectivity index (χ3v) is 1.24. The third-order valence-electron chi connectivity index (χ3n) is 1.24. The third kappa shape index (κ3) is 19.5. The lowest BCUT2D eigenvalue weighted by molar-refractivity contribution is -0.139. The molecule has 0 unspecified atom stereocenters. The first-order chi connectivity index (χ1) is 8.29. The van der Waals surface area contributed by atoms with Gasteiger partial charge in [0, 0.05) is 12.2 Å². The van der Waals surface area contributed by atoms with Crippen molar-refractivity contribution in [1.82, 2.24) is 0 Å². The molecule has 0 rings (SSSR count). The molecule has 0 aliphatic carbocycles. The molecule has 0 atom stereocenters. The van der Waals surface area contributed by atoms with Gasteiger partial charge in [-0.05, 0) is 5.92 Å². The van der Waals surface area contributed by atoms with Crippen LogP contribution in [0.25, 0.3) is 0 Å². The Morgan fingerprint density at radius 3 is 2.06 bits per heavy atom. The molecule has 6 nitrogen and oxygen atoms in total. The maximum atomic E-state index is 10.7. The van der Waals surface area contributed by atoms with E-state index in [4.69, 9.17) is 10.2 Å². The molecule has 0 fully saturated rings. The molecule has 0 saturated heterocycles. The second kappa shape index (κ2) is 11.4. The topological polar surface area (TPSA) is 101 Å². The van der Waals surface area contributed by atoms with Gasteiger partial charge in [-0.1, -0.05) is 19.9 Å². The number of esters is 1. The number of rotatable bonds is 6. The molecular weight excluding hydrogens is 240 g/mol. The van der Waals surface area contributed by atoms with Crippen molar-refractivity contribution in [2.24, 2.45) is 5.92 Å². The summed E-state index contributed by atoms with van der Waals surface area (Å²) in [4.78, 5) is 30.2. The second-order valence-corrected chi connectivity index (χ2v) is 3.58. The maximum Gasteiger partial charge on any atom is 0.331 e. The van der Waals surface area contributed by atoms with Gasteiger partial charge in [-0.25, -0.2) is 9.59 Å². The van der Waals surface area contributed by atoms with Crippen LogP contribution < -0.4 is 0 Å². The number of carboxylic acids is 2. The molecule has 0 amide bonds. The SMILES string of the molecule is C=CCC(=O)O.CC(C)COC(=O)C=CC(=O)O. The van der Waals surface area contributed by atoms with Gasteiger partial charge < -0.3 is 14.9 Å². The van der Waals surface area contributed by atoms with E-state index < -0.39 is 17.9 Å². The Balaban J connectivity index is 0. The van der Waals surface area contributed by atoms with E-state index in [2.05, 4.69) is 11.3 Å². The molecular formula is C12H18O6. The van der Waals surface area contributed by atoms with Crippen molar-refractivity contribution in [3.63, 3.8) is 0 Å². The summed E-state index contributed by atoms with van der Waals surface area (Å²) in [7, 11) is 0. The molecule has 6 heteroatoms. The fraction of sp³-hybridized carbons (Fsp3) is 0.417. The lowest BCUT2D eigenvalue weighted by Crippen LogP contribution is -2.07. The fourth-order valence-electron chi connectivity index (χ4n) is 0.560. The van der Waals surface area contributed by atoms with Gasteiger partial charge in [-0.15, -0.1) is 6.58 Å². The second-order valence-electron chi connectivity index (χ2n) is 3.58. The van der Waals surface area contributed by atoms with Gasteiger partial charge >= 0.3 is 17.9 Å². The molecule has 0 aromatic heterocycles. The molecule has 0 radical (unpaired) electrons. The summed E-state index contributed by atoms with van der Waals surface area (Å²) in [5, 5.41) is 16.0. The van der Waals surface area contributed by atoms with E-state index in [1.165, 1.54) is 6.08 Å². The summed E-state index contributed by atoms with van der Waals surface area (Å²) in [6, 6.07) is 0. The minimum absolute atomic E-state index is 0.0556. The molecule has 0 aromatic carbocycles. The standard InChI is InChI=1S/C8H12O4.C4H6O2/c1-6(2)5-12-8(11)4-3-7(9)10;1-2-3-4(5)6/h3-4,6H,5H2,1-2H3,(H,9,10);2H,1,3H2,(H,5,6). The number of carbonyl (C=O) groups is 3. The largest absolute Gasteiger partial charge is 0.481 e. The van der Waals surface area contributed by atoms with Gasteiger partial charge in [-0.2, -0.15) is 0 Å². The molecule has 0 aromatic rings. The van der Waals surface area contributed by atoms with Crippen molar-refractivity contribution in [2.75, 3.05) is 6.61 Å². The molecule has 0 spiro atoms. The van der Waals surface area contributed by atoms with Crippen LogP contribution in [-0.2, 0) is 19.1 Å². The van der Waals surface area contributed by atoms with Crippen molar-refractivity contribution in [1.29, 1.82) is 0 Å². The van der Waals surface area contributed by atoms with Crippen LogP contribution in [-0.4, -0.2) is 34.7 Å². The fourth-order valence-corrected chi connectivity index (χ4v) is 0.560. The minimum atomic E-state index is -1.16. The number of hydrogen-bond acceptors (Lipinski definition) is 4. The molecule has 0 bridgehead atoms. The van der Waals surface area contributed by atoms with E-state index in [1.807, 2.05) is 13.8 Å². The van der Waals surface area contributed by atoms with Crippen LogP contribution in [0, 0.1) is 5.92 Å². The van der Waals surface area contributed by atoms with E-state index >= 15 is 0 Å². The van der Waals surface area contributed by atoms with E-state index in [1.54, 1.807) is 0 Å². The van der Waals surface area contributed by atoms with Crippen molar-refractivity contribution in [2.45, 2.75) is 20.3 Å². The highest BCUT2D eigenvalue weighted by atomic mass is 16.5. The quantitative estimate of drug-likeness (QED) is 0.425. The average molecular weight is 258 g/mol. The van der Waals surface area contributed by atoms with Crippen LogP contribution >= 0.6 is 0 Å². The molecule has 2 N–H and O–H groups in total. The van der Waals surface area contributed by atoms with Gasteiger partial charge in [-0.3, -0.25) is 4.79 Å². The molecule has 102 valence electrons. The Bertz CT molecular complexity index is 317. The van der Waals surface area contributed by atoms with Gasteiger partial charge in [0.2, 0.25) is 0 Å². The predicted molar refractivity (Wildman–Crippen MR) is 65.0 cm³/mol. The van der Waals surface area contributed by atoms with Gasteiger partial charge in [0.1, 0.15) is 0 Å². The Morgan fingerprint density at radius 2 is 1.78 bits per heavy atom. The summed E-state index contributed by atoms with van der Waals surface area (Å²) in [6.45, 7) is 7.32.